The molecule has 2 aliphatic heterocycles. The Bertz CT molecular complexity index is 827. The summed E-state index contributed by atoms with van der Waals surface area (Å²) < 4.78 is 0. The number of carbonyl (C=O) groups excluding carboxylic acids is 1. The maximum atomic E-state index is 12.8. The Labute approximate surface area is 164 Å². The predicted octanol–water partition coefficient (Wildman–Crippen LogP) is 1.45. The molecule has 0 saturated heterocycles. The van der Waals surface area contributed by atoms with Gasteiger partial charge >= 0.3 is 5.97 Å². The largest absolute Gasteiger partial charge is 0.478 e. The molecular formula is C21H26N4O3. The summed E-state index contributed by atoms with van der Waals surface area (Å²) in [4.78, 5) is 23.8. The van der Waals surface area contributed by atoms with Crippen LogP contribution in [-0.2, 0) is 11.3 Å². The average molecular weight is 382 g/mol. The normalized spacial score (nSPS) is 23.7. The van der Waals surface area contributed by atoms with Crippen molar-refractivity contribution < 1.29 is 14.7 Å². The summed E-state index contributed by atoms with van der Waals surface area (Å²) in [5.41, 5.74) is 3.02. The Morgan fingerprint density at radius 1 is 1.18 bits per heavy atom. The molecule has 1 aliphatic carbocycles. The van der Waals surface area contributed by atoms with Crippen molar-refractivity contribution in [2.75, 3.05) is 6.54 Å². The molecule has 1 saturated carbocycles. The highest BCUT2D eigenvalue weighted by molar-refractivity contribution is 5.89. The Morgan fingerprint density at radius 2 is 2.00 bits per heavy atom. The topological polar surface area (TPSA) is 102 Å². The number of ketones is 1. The van der Waals surface area contributed by atoms with Crippen LogP contribution in [0.15, 0.2) is 47.9 Å². The lowest BCUT2D eigenvalue weighted by molar-refractivity contribution is -0.119. The SMILES string of the molecule is O=C(O)c1cccc(CNCC(=O)C2NC=CC3=C2NC(C2CCCC2)N3)c1. The molecule has 4 rings (SSSR count). The van der Waals surface area contributed by atoms with E-state index in [0.29, 0.717) is 12.5 Å². The fourth-order valence-corrected chi connectivity index (χ4v) is 4.24. The molecule has 28 heavy (non-hydrogen) atoms. The van der Waals surface area contributed by atoms with Gasteiger partial charge in [-0.25, -0.2) is 4.79 Å². The summed E-state index contributed by atoms with van der Waals surface area (Å²) in [5.74, 6) is -0.297. The second-order valence-corrected chi connectivity index (χ2v) is 7.65. The molecule has 7 heteroatoms. The van der Waals surface area contributed by atoms with Crippen LogP contribution in [0.1, 0.15) is 41.6 Å². The van der Waals surface area contributed by atoms with Crippen molar-refractivity contribution >= 4 is 11.8 Å². The number of benzene rings is 1. The fourth-order valence-electron chi connectivity index (χ4n) is 4.24. The summed E-state index contributed by atoms with van der Waals surface area (Å²) >= 11 is 0. The molecule has 0 aromatic heterocycles. The van der Waals surface area contributed by atoms with Crippen LogP contribution >= 0.6 is 0 Å². The molecule has 1 aromatic carbocycles. The second kappa shape index (κ2) is 8.06. The van der Waals surface area contributed by atoms with Gasteiger partial charge < -0.3 is 26.4 Å². The maximum Gasteiger partial charge on any atom is 0.335 e. The average Bonchev–Trinajstić information content (AvgIpc) is 3.37. The van der Waals surface area contributed by atoms with E-state index < -0.39 is 12.0 Å². The molecule has 1 fully saturated rings. The molecule has 0 radical (unpaired) electrons. The van der Waals surface area contributed by atoms with Gasteiger partial charge in [-0.2, -0.15) is 0 Å². The van der Waals surface area contributed by atoms with Gasteiger partial charge in [0, 0.05) is 6.54 Å². The number of rotatable bonds is 7. The van der Waals surface area contributed by atoms with Crippen LogP contribution in [0.2, 0.25) is 0 Å². The minimum atomic E-state index is -0.952. The molecule has 148 valence electrons. The quantitative estimate of drug-likeness (QED) is 0.486. The van der Waals surface area contributed by atoms with Gasteiger partial charge in [-0.1, -0.05) is 25.0 Å². The summed E-state index contributed by atoms with van der Waals surface area (Å²) in [5, 5.41) is 22.4. The van der Waals surface area contributed by atoms with E-state index in [1.807, 2.05) is 18.3 Å². The molecule has 5 N–H and O–H groups in total. The maximum absolute atomic E-state index is 12.8. The van der Waals surface area contributed by atoms with Gasteiger partial charge in [-0.15, -0.1) is 0 Å². The van der Waals surface area contributed by atoms with Crippen LogP contribution in [-0.4, -0.2) is 35.6 Å². The van der Waals surface area contributed by atoms with Crippen molar-refractivity contribution in [2.45, 2.75) is 44.4 Å². The number of carboxylic acid groups (broad SMARTS) is 1. The first kappa shape index (κ1) is 18.6. The van der Waals surface area contributed by atoms with Crippen molar-refractivity contribution in [1.82, 2.24) is 21.3 Å². The van der Waals surface area contributed by atoms with E-state index in [0.717, 1.165) is 17.0 Å². The first-order valence-corrected chi connectivity index (χ1v) is 9.87. The Balaban J connectivity index is 1.33. The molecule has 0 amide bonds. The summed E-state index contributed by atoms with van der Waals surface area (Å²) in [6, 6.07) is 6.35. The van der Waals surface area contributed by atoms with Crippen molar-refractivity contribution in [2.24, 2.45) is 5.92 Å². The minimum absolute atomic E-state index is 0.0487. The van der Waals surface area contributed by atoms with E-state index in [1.165, 1.54) is 25.7 Å². The van der Waals surface area contributed by atoms with Gasteiger partial charge in [0.2, 0.25) is 0 Å². The molecule has 1 aromatic rings. The van der Waals surface area contributed by atoms with Gasteiger partial charge in [0.15, 0.2) is 5.78 Å². The second-order valence-electron chi connectivity index (χ2n) is 7.65. The van der Waals surface area contributed by atoms with E-state index in [1.54, 1.807) is 18.2 Å². The van der Waals surface area contributed by atoms with Crippen molar-refractivity contribution in [3.63, 3.8) is 0 Å². The Hall–Kier alpha value is -2.80. The van der Waals surface area contributed by atoms with Crippen LogP contribution in [0.25, 0.3) is 0 Å². The zero-order chi connectivity index (χ0) is 19.5. The van der Waals surface area contributed by atoms with Gasteiger partial charge in [0.05, 0.1) is 29.7 Å². The first-order valence-electron chi connectivity index (χ1n) is 9.87. The highest BCUT2D eigenvalue weighted by Crippen LogP contribution is 2.31. The van der Waals surface area contributed by atoms with Gasteiger partial charge in [0.1, 0.15) is 6.04 Å². The third-order valence-corrected chi connectivity index (χ3v) is 5.71. The number of carbonyl (C=O) groups is 2. The minimum Gasteiger partial charge on any atom is -0.478 e. The van der Waals surface area contributed by atoms with Crippen LogP contribution < -0.4 is 21.3 Å². The van der Waals surface area contributed by atoms with Crippen LogP contribution in [0, 0.1) is 5.92 Å². The lowest BCUT2D eigenvalue weighted by Gasteiger charge is -2.24. The number of hydrogen-bond donors (Lipinski definition) is 5. The first-order chi connectivity index (χ1) is 13.6. The predicted molar refractivity (Wildman–Crippen MR) is 105 cm³/mol. The van der Waals surface area contributed by atoms with Crippen molar-refractivity contribution in [3.05, 3.63) is 59.1 Å². The lowest BCUT2D eigenvalue weighted by atomic mass is 10.0. The lowest BCUT2D eigenvalue weighted by Crippen LogP contribution is -2.46. The summed E-state index contributed by atoms with van der Waals surface area (Å²) in [7, 11) is 0. The standard InChI is InChI=1S/C21H26N4O3/c26-17(12-22-11-13-4-3-7-15(10-13)21(27)28)19-18-16(8-9-23-19)24-20(25-18)14-5-1-2-6-14/h3-4,7-10,14,19-20,22-25H,1-2,5-6,11-12H2,(H,27,28). The van der Waals surface area contributed by atoms with Crippen LogP contribution in [0.4, 0.5) is 0 Å². The van der Waals surface area contributed by atoms with E-state index >= 15 is 0 Å². The molecule has 0 bridgehead atoms. The van der Waals surface area contributed by atoms with Gasteiger partial charge in [0.25, 0.3) is 0 Å². The molecule has 2 heterocycles. The van der Waals surface area contributed by atoms with Crippen molar-refractivity contribution in [1.29, 1.82) is 0 Å². The number of allylic oxidation sites excluding steroid dienone is 1. The summed E-state index contributed by atoms with van der Waals surface area (Å²) in [6.45, 7) is 0.646. The number of aromatic carboxylic acids is 1. The molecule has 0 spiro atoms. The van der Waals surface area contributed by atoms with Crippen LogP contribution in [0.5, 0.6) is 0 Å². The highest BCUT2D eigenvalue weighted by Gasteiger charge is 2.36. The van der Waals surface area contributed by atoms with Crippen molar-refractivity contribution in [3.8, 4) is 0 Å². The highest BCUT2D eigenvalue weighted by atomic mass is 16.4. The fraction of sp³-hybridized carbons (Fsp3) is 0.429. The smallest absolute Gasteiger partial charge is 0.335 e. The molecule has 7 nitrogen and oxygen atoms in total. The van der Waals surface area contributed by atoms with E-state index in [2.05, 4.69) is 21.3 Å². The van der Waals surface area contributed by atoms with Crippen LogP contribution in [0.3, 0.4) is 0 Å². The third kappa shape index (κ3) is 3.89. The van der Waals surface area contributed by atoms with Gasteiger partial charge in [-0.05, 0) is 48.7 Å². The number of hydrogen-bond acceptors (Lipinski definition) is 6. The zero-order valence-corrected chi connectivity index (χ0v) is 15.7. The number of nitrogens with one attached hydrogen (secondary N) is 4. The molecule has 2 atom stereocenters. The van der Waals surface area contributed by atoms with E-state index in [-0.39, 0.29) is 24.1 Å². The third-order valence-electron chi connectivity index (χ3n) is 5.71. The van der Waals surface area contributed by atoms with E-state index in [9.17, 15) is 9.59 Å². The zero-order valence-electron chi connectivity index (χ0n) is 15.7. The van der Waals surface area contributed by atoms with Gasteiger partial charge in [-0.3, -0.25) is 4.79 Å². The molecule has 2 unspecified atom stereocenters. The molecule has 3 aliphatic rings. The van der Waals surface area contributed by atoms with E-state index in [4.69, 9.17) is 5.11 Å². The number of carboxylic acids is 1. The number of dihydropyridines is 1. The Morgan fingerprint density at radius 3 is 2.79 bits per heavy atom. The Kier molecular flexibility index (Phi) is 5.34. The number of Topliss-reactive ketones (excluding diaryl/α,β-unsaturated/α-hetero) is 1. The summed E-state index contributed by atoms with van der Waals surface area (Å²) in [6.07, 6.45) is 9.00. The monoisotopic (exact) mass is 382 g/mol. The molecular weight excluding hydrogens is 356 g/mol.